The van der Waals surface area contributed by atoms with Crippen LogP contribution in [0.15, 0.2) is 72.8 Å². The normalized spacial score (nSPS) is 10.0. The second-order valence-electron chi connectivity index (χ2n) is 4.79. The Labute approximate surface area is 123 Å². The van der Waals surface area contributed by atoms with Gasteiger partial charge in [0.2, 0.25) is 0 Å². The highest BCUT2D eigenvalue weighted by Crippen LogP contribution is 2.33. The van der Waals surface area contributed by atoms with Gasteiger partial charge in [0.1, 0.15) is 5.75 Å². The molecule has 2 heteroatoms. The third kappa shape index (κ3) is 2.63. The van der Waals surface area contributed by atoms with E-state index in [-0.39, 0.29) is 5.75 Å². The molecule has 0 aliphatic heterocycles. The predicted molar refractivity (Wildman–Crippen MR) is 83.7 cm³/mol. The Morgan fingerprint density at radius 1 is 0.714 bits per heavy atom. The monoisotopic (exact) mass is 271 g/mol. The highest BCUT2D eigenvalue weighted by Gasteiger charge is 2.08. The molecular weight excluding hydrogens is 258 g/mol. The van der Waals surface area contributed by atoms with Crippen LogP contribution < -0.4 is 0 Å². The van der Waals surface area contributed by atoms with E-state index >= 15 is 0 Å². The zero-order valence-electron chi connectivity index (χ0n) is 11.3. The van der Waals surface area contributed by atoms with Crippen molar-refractivity contribution in [1.29, 1.82) is 5.26 Å². The molecule has 0 heterocycles. The number of nitrogens with zero attached hydrogens (tertiary/aromatic N) is 1. The Hall–Kier alpha value is -3.05. The molecule has 100 valence electrons. The minimum absolute atomic E-state index is 0.244. The van der Waals surface area contributed by atoms with Gasteiger partial charge in [0, 0.05) is 0 Å². The van der Waals surface area contributed by atoms with E-state index in [0.717, 1.165) is 22.3 Å². The third-order valence-electron chi connectivity index (χ3n) is 3.41. The second-order valence-corrected chi connectivity index (χ2v) is 4.79. The molecule has 0 atom stereocenters. The number of aromatic hydroxyl groups is 1. The van der Waals surface area contributed by atoms with Gasteiger partial charge in [0.15, 0.2) is 0 Å². The lowest BCUT2D eigenvalue weighted by molar-refractivity contribution is 0.475. The van der Waals surface area contributed by atoms with Gasteiger partial charge in [-0.1, -0.05) is 48.5 Å². The van der Waals surface area contributed by atoms with E-state index in [1.165, 1.54) is 0 Å². The van der Waals surface area contributed by atoms with E-state index in [9.17, 15) is 5.11 Å². The summed E-state index contributed by atoms with van der Waals surface area (Å²) in [6, 6.07) is 24.9. The molecule has 3 aromatic carbocycles. The van der Waals surface area contributed by atoms with Gasteiger partial charge in [0.25, 0.3) is 0 Å². The Morgan fingerprint density at radius 3 is 2.05 bits per heavy atom. The van der Waals surface area contributed by atoms with E-state index in [1.807, 2.05) is 60.7 Å². The summed E-state index contributed by atoms with van der Waals surface area (Å²) >= 11 is 0. The van der Waals surface area contributed by atoms with Gasteiger partial charge in [-0.05, 0) is 46.5 Å². The zero-order chi connectivity index (χ0) is 14.7. The molecule has 0 aliphatic rings. The summed E-state index contributed by atoms with van der Waals surface area (Å²) in [5, 5.41) is 18.6. The standard InChI is InChI=1S/C19H13NO/c20-13-14-6-11-18(16-7-9-17(21)10-8-16)19(12-14)15-4-2-1-3-5-15/h1-12,21H. The lowest BCUT2D eigenvalue weighted by atomic mass is 9.93. The summed E-state index contributed by atoms with van der Waals surface area (Å²) in [7, 11) is 0. The van der Waals surface area contributed by atoms with E-state index in [0.29, 0.717) is 5.56 Å². The third-order valence-corrected chi connectivity index (χ3v) is 3.41. The van der Waals surface area contributed by atoms with E-state index in [1.54, 1.807) is 12.1 Å². The van der Waals surface area contributed by atoms with Gasteiger partial charge in [-0.3, -0.25) is 0 Å². The first kappa shape index (κ1) is 13.0. The molecular formula is C19H13NO. The van der Waals surface area contributed by atoms with Crippen LogP contribution in [0.25, 0.3) is 22.3 Å². The molecule has 3 aromatic rings. The summed E-state index contributed by atoms with van der Waals surface area (Å²) in [5.74, 6) is 0.244. The lowest BCUT2D eigenvalue weighted by Gasteiger charge is -2.11. The molecule has 2 nitrogen and oxygen atoms in total. The number of rotatable bonds is 2. The second kappa shape index (κ2) is 5.52. The van der Waals surface area contributed by atoms with Gasteiger partial charge in [0.05, 0.1) is 11.6 Å². The summed E-state index contributed by atoms with van der Waals surface area (Å²) in [4.78, 5) is 0. The minimum atomic E-state index is 0.244. The van der Waals surface area contributed by atoms with Gasteiger partial charge >= 0.3 is 0 Å². The van der Waals surface area contributed by atoms with Crippen molar-refractivity contribution in [3.05, 3.63) is 78.4 Å². The molecule has 21 heavy (non-hydrogen) atoms. The molecule has 0 aliphatic carbocycles. The molecule has 0 saturated heterocycles. The fourth-order valence-corrected chi connectivity index (χ4v) is 2.36. The van der Waals surface area contributed by atoms with Crippen molar-refractivity contribution < 1.29 is 5.11 Å². The van der Waals surface area contributed by atoms with E-state index < -0.39 is 0 Å². The largest absolute Gasteiger partial charge is 0.508 e. The van der Waals surface area contributed by atoms with Crippen LogP contribution >= 0.6 is 0 Å². The number of phenols is 1. The Morgan fingerprint density at radius 2 is 1.38 bits per heavy atom. The van der Waals surface area contributed by atoms with Crippen LogP contribution in [0.1, 0.15) is 5.56 Å². The molecule has 0 saturated carbocycles. The molecule has 0 aromatic heterocycles. The maximum atomic E-state index is 9.43. The SMILES string of the molecule is N#Cc1ccc(-c2ccc(O)cc2)c(-c2ccccc2)c1. The first-order chi connectivity index (χ1) is 10.3. The van der Waals surface area contributed by atoms with Crippen molar-refractivity contribution in [2.45, 2.75) is 0 Å². The predicted octanol–water partition coefficient (Wildman–Crippen LogP) is 4.60. The number of hydrogen-bond donors (Lipinski definition) is 1. The van der Waals surface area contributed by atoms with Gasteiger partial charge in [-0.2, -0.15) is 5.26 Å². The summed E-state index contributed by atoms with van der Waals surface area (Å²) < 4.78 is 0. The Kier molecular flexibility index (Phi) is 3.41. The number of phenolic OH excluding ortho intramolecular Hbond substituents is 1. The quantitative estimate of drug-likeness (QED) is 0.740. The maximum absolute atomic E-state index is 9.43. The number of hydrogen-bond acceptors (Lipinski definition) is 2. The van der Waals surface area contributed by atoms with Crippen molar-refractivity contribution in [1.82, 2.24) is 0 Å². The highest BCUT2D eigenvalue weighted by atomic mass is 16.3. The first-order valence-corrected chi connectivity index (χ1v) is 6.67. The van der Waals surface area contributed by atoms with Crippen molar-refractivity contribution >= 4 is 0 Å². The van der Waals surface area contributed by atoms with Crippen LogP contribution in [0, 0.1) is 11.3 Å². The lowest BCUT2D eigenvalue weighted by Crippen LogP contribution is -1.87. The molecule has 0 spiro atoms. The van der Waals surface area contributed by atoms with Crippen LogP contribution in [0.5, 0.6) is 5.75 Å². The fraction of sp³-hybridized carbons (Fsp3) is 0. The van der Waals surface area contributed by atoms with Gasteiger partial charge in [-0.15, -0.1) is 0 Å². The van der Waals surface area contributed by atoms with Crippen LogP contribution in [0.2, 0.25) is 0 Å². The topological polar surface area (TPSA) is 44.0 Å². The smallest absolute Gasteiger partial charge is 0.115 e. The first-order valence-electron chi connectivity index (χ1n) is 6.67. The average molecular weight is 271 g/mol. The van der Waals surface area contributed by atoms with Crippen molar-refractivity contribution in [3.63, 3.8) is 0 Å². The summed E-state index contributed by atoms with van der Waals surface area (Å²) in [5.41, 5.74) is 4.77. The molecule has 0 fully saturated rings. The van der Waals surface area contributed by atoms with E-state index in [2.05, 4.69) is 6.07 Å². The average Bonchev–Trinajstić information content (AvgIpc) is 2.56. The highest BCUT2D eigenvalue weighted by molar-refractivity contribution is 5.84. The van der Waals surface area contributed by atoms with Crippen LogP contribution in [-0.2, 0) is 0 Å². The van der Waals surface area contributed by atoms with Crippen molar-refractivity contribution in [3.8, 4) is 34.1 Å². The number of nitriles is 1. The fourth-order valence-electron chi connectivity index (χ4n) is 2.36. The Balaban J connectivity index is 2.21. The molecule has 0 bridgehead atoms. The zero-order valence-corrected chi connectivity index (χ0v) is 11.3. The van der Waals surface area contributed by atoms with Crippen LogP contribution in [0.3, 0.4) is 0 Å². The van der Waals surface area contributed by atoms with E-state index in [4.69, 9.17) is 5.26 Å². The Bertz CT molecular complexity index is 799. The summed E-state index contributed by atoms with van der Waals surface area (Å²) in [6.07, 6.45) is 0. The molecule has 3 rings (SSSR count). The molecule has 0 radical (unpaired) electrons. The minimum Gasteiger partial charge on any atom is -0.508 e. The van der Waals surface area contributed by atoms with Crippen molar-refractivity contribution in [2.24, 2.45) is 0 Å². The van der Waals surface area contributed by atoms with Crippen molar-refractivity contribution in [2.75, 3.05) is 0 Å². The van der Waals surface area contributed by atoms with Crippen LogP contribution in [-0.4, -0.2) is 5.11 Å². The van der Waals surface area contributed by atoms with Crippen LogP contribution in [0.4, 0.5) is 0 Å². The molecule has 0 unspecified atom stereocenters. The number of benzene rings is 3. The maximum Gasteiger partial charge on any atom is 0.115 e. The summed E-state index contributed by atoms with van der Waals surface area (Å²) in [6.45, 7) is 0. The van der Waals surface area contributed by atoms with Gasteiger partial charge < -0.3 is 5.11 Å². The molecule has 1 N–H and O–H groups in total. The molecule has 0 amide bonds. The van der Waals surface area contributed by atoms with Gasteiger partial charge in [-0.25, -0.2) is 0 Å².